The zero-order valence-electron chi connectivity index (χ0n) is 11.8. The minimum absolute atomic E-state index is 0.0210. The average Bonchev–Trinajstić information content (AvgIpc) is 2.49. The molecule has 2 nitrogen and oxygen atoms in total. The van der Waals surface area contributed by atoms with Crippen LogP contribution in [-0.4, -0.2) is 14.2 Å². The van der Waals surface area contributed by atoms with Gasteiger partial charge < -0.3 is 10.1 Å². The molecule has 5 heteroatoms. The molecule has 2 aromatic rings. The summed E-state index contributed by atoms with van der Waals surface area (Å²) in [7, 11) is 3.49. The Balaban J connectivity index is 2.34. The summed E-state index contributed by atoms with van der Waals surface area (Å²) in [5, 5.41) is 3.41. The van der Waals surface area contributed by atoms with Gasteiger partial charge in [0.25, 0.3) is 0 Å². The van der Waals surface area contributed by atoms with E-state index in [0.717, 1.165) is 21.3 Å². The smallest absolute Gasteiger partial charge is 0.142 e. The van der Waals surface area contributed by atoms with E-state index in [2.05, 4.69) is 21.2 Å². The average molecular weight is 373 g/mol. The third kappa shape index (κ3) is 3.76. The van der Waals surface area contributed by atoms with Crippen LogP contribution in [0.5, 0.6) is 5.75 Å². The predicted molar refractivity (Wildman–Crippen MR) is 87.6 cm³/mol. The summed E-state index contributed by atoms with van der Waals surface area (Å²) < 4.78 is 19.9. The lowest BCUT2D eigenvalue weighted by Gasteiger charge is -2.20. The second-order valence-electron chi connectivity index (χ2n) is 4.64. The Hall–Kier alpha value is -1.10. The van der Waals surface area contributed by atoms with Crippen molar-refractivity contribution in [1.29, 1.82) is 0 Å². The highest BCUT2D eigenvalue weighted by Gasteiger charge is 2.17. The number of benzene rings is 2. The zero-order valence-corrected chi connectivity index (χ0v) is 14.1. The Morgan fingerprint density at radius 2 is 2.10 bits per heavy atom. The van der Waals surface area contributed by atoms with E-state index < -0.39 is 5.82 Å². The number of hydrogen-bond acceptors (Lipinski definition) is 2. The molecule has 0 saturated carbocycles. The van der Waals surface area contributed by atoms with Crippen molar-refractivity contribution >= 4 is 27.5 Å². The van der Waals surface area contributed by atoms with Crippen molar-refractivity contribution in [3.05, 3.63) is 62.8 Å². The molecular formula is C16H16BrClFNO. The maximum atomic E-state index is 13.6. The maximum Gasteiger partial charge on any atom is 0.142 e. The van der Waals surface area contributed by atoms with Crippen LogP contribution in [-0.2, 0) is 6.42 Å². The van der Waals surface area contributed by atoms with E-state index in [4.69, 9.17) is 16.3 Å². The number of nitrogens with one attached hydrogen (secondary N) is 1. The van der Waals surface area contributed by atoms with E-state index >= 15 is 0 Å². The lowest BCUT2D eigenvalue weighted by molar-refractivity contribution is 0.401. The second kappa shape index (κ2) is 7.25. The van der Waals surface area contributed by atoms with Crippen molar-refractivity contribution in [3.63, 3.8) is 0 Å². The lowest BCUT2D eigenvalue weighted by Crippen LogP contribution is -2.20. The van der Waals surface area contributed by atoms with Crippen LogP contribution in [0.25, 0.3) is 0 Å². The Kier molecular flexibility index (Phi) is 5.62. The summed E-state index contributed by atoms with van der Waals surface area (Å²) in [5.41, 5.74) is 1.77. The number of likely N-dealkylation sites (N-methyl/N-ethyl adjacent to an activating group) is 1. The van der Waals surface area contributed by atoms with Gasteiger partial charge in [0.05, 0.1) is 12.1 Å². The van der Waals surface area contributed by atoms with E-state index in [0.29, 0.717) is 6.42 Å². The molecule has 0 fully saturated rings. The molecule has 0 radical (unpaired) electrons. The third-order valence-electron chi connectivity index (χ3n) is 3.38. The van der Waals surface area contributed by atoms with Crippen molar-refractivity contribution < 1.29 is 9.13 Å². The molecule has 1 unspecified atom stereocenters. The monoisotopic (exact) mass is 371 g/mol. The lowest BCUT2D eigenvalue weighted by atomic mass is 9.98. The van der Waals surface area contributed by atoms with E-state index in [1.54, 1.807) is 13.2 Å². The molecule has 0 bridgehead atoms. The molecule has 1 atom stereocenters. The molecule has 1 N–H and O–H groups in total. The van der Waals surface area contributed by atoms with Crippen LogP contribution in [0.3, 0.4) is 0 Å². The van der Waals surface area contributed by atoms with Crippen LogP contribution in [0.4, 0.5) is 4.39 Å². The van der Waals surface area contributed by atoms with Gasteiger partial charge >= 0.3 is 0 Å². The third-order valence-corrected chi connectivity index (χ3v) is 4.29. The molecule has 0 spiro atoms. The normalized spacial score (nSPS) is 12.2. The van der Waals surface area contributed by atoms with Crippen LogP contribution in [0, 0.1) is 5.82 Å². The Labute approximate surface area is 137 Å². The minimum Gasteiger partial charge on any atom is -0.496 e. The van der Waals surface area contributed by atoms with Gasteiger partial charge in [0.2, 0.25) is 0 Å². The molecular weight excluding hydrogens is 357 g/mol. The Morgan fingerprint density at radius 3 is 2.76 bits per heavy atom. The molecule has 2 aromatic carbocycles. The van der Waals surface area contributed by atoms with Gasteiger partial charge in [-0.15, -0.1) is 0 Å². The van der Waals surface area contributed by atoms with Crippen LogP contribution in [0.2, 0.25) is 5.02 Å². The second-order valence-corrected chi connectivity index (χ2v) is 5.94. The molecule has 0 aliphatic carbocycles. The van der Waals surface area contributed by atoms with E-state index in [9.17, 15) is 4.39 Å². The number of rotatable bonds is 5. The van der Waals surface area contributed by atoms with Crippen molar-refractivity contribution in [2.45, 2.75) is 12.5 Å². The summed E-state index contributed by atoms with van der Waals surface area (Å²) in [6.45, 7) is 0. The largest absolute Gasteiger partial charge is 0.496 e. The fourth-order valence-corrected chi connectivity index (χ4v) is 2.81. The molecule has 0 amide bonds. The standard InChI is InChI=1S/C16H16BrClFNO/c1-20-14(8-10-4-3-5-13(19)16(10)18)12-7-6-11(17)9-15(12)21-2/h3-7,9,14,20H,8H2,1-2H3. The maximum absolute atomic E-state index is 13.6. The Morgan fingerprint density at radius 1 is 1.33 bits per heavy atom. The topological polar surface area (TPSA) is 21.3 Å². The minimum atomic E-state index is -0.396. The van der Waals surface area contributed by atoms with E-state index in [1.165, 1.54) is 6.07 Å². The van der Waals surface area contributed by atoms with Crippen LogP contribution < -0.4 is 10.1 Å². The summed E-state index contributed by atoms with van der Waals surface area (Å²) in [6.07, 6.45) is 0.574. The SMILES string of the molecule is CNC(Cc1cccc(F)c1Cl)c1ccc(Br)cc1OC. The molecule has 0 aliphatic rings. The molecule has 21 heavy (non-hydrogen) atoms. The van der Waals surface area contributed by atoms with Crippen molar-refractivity contribution in [1.82, 2.24) is 5.32 Å². The molecule has 0 heterocycles. The first-order valence-corrected chi connectivity index (χ1v) is 7.67. The Bertz CT molecular complexity index is 636. The highest BCUT2D eigenvalue weighted by Crippen LogP contribution is 2.32. The summed E-state index contributed by atoms with van der Waals surface area (Å²) >= 11 is 9.46. The van der Waals surface area contributed by atoms with E-state index in [1.807, 2.05) is 31.3 Å². The zero-order chi connectivity index (χ0) is 15.4. The van der Waals surface area contributed by atoms with Crippen LogP contribution >= 0.6 is 27.5 Å². The number of halogens is 3. The molecule has 2 rings (SSSR count). The van der Waals surface area contributed by atoms with Gasteiger partial charge in [0.15, 0.2) is 0 Å². The van der Waals surface area contributed by atoms with Gasteiger partial charge in [-0.25, -0.2) is 4.39 Å². The quantitative estimate of drug-likeness (QED) is 0.817. The molecule has 0 aromatic heterocycles. The fraction of sp³-hybridized carbons (Fsp3) is 0.250. The summed E-state index contributed by atoms with van der Waals surface area (Å²) in [5.74, 6) is 0.378. The van der Waals surface area contributed by atoms with Crippen molar-refractivity contribution in [2.75, 3.05) is 14.2 Å². The summed E-state index contributed by atoms with van der Waals surface area (Å²) in [4.78, 5) is 0. The first-order valence-electron chi connectivity index (χ1n) is 6.50. The number of methoxy groups -OCH3 is 1. The first-order chi connectivity index (χ1) is 10.1. The van der Waals surface area contributed by atoms with Gasteiger partial charge in [-0.05, 0) is 37.2 Å². The first kappa shape index (κ1) is 16.3. The van der Waals surface area contributed by atoms with Crippen molar-refractivity contribution in [2.24, 2.45) is 0 Å². The van der Waals surface area contributed by atoms with Gasteiger partial charge in [-0.2, -0.15) is 0 Å². The van der Waals surface area contributed by atoms with Crippen LogP contribution in [0.1, 0.15) is 17.2 Å². The molecule has 112 valence electrons. The van der Waals surface area contributed by atoms with Gasteiger partial charge in [-0.1, -0.05) is 45.7 Å². The highest BCUT2D eigenvalue weighted by molar-refractivity contribution is 9.10. The highest BCUT2D eigenvalue weighted by atomic mass is 79.9. The van der Waals surface area contributed by atoms with Gasteiger partial charge in [-0.3, -0.25) is 0 Å². The van der Waals surface area contributed by atoms with Gasteiger partial charge in [0.1, 0.15) is 11.6 Å². The molecule has 0 aliphatic heterocycles. The van der Waals surface area contributed by atoms with E-state index in [-0.39, 0.29) is 11.1 Å². The summed E-state index contributed by atoms with van der Waals surface area (Å²) in [6, 6.07) is 10.7. The molecule has 0 saturated heterocycles. The fourth-order valence-electron chi connectivity index (χ4n) is 2.27. The predicted octanol–water partition coefficient (Wildman–Crippen LogP) is 4.75. The van der Waals surface area contributed by atoms with Crippen molar-refractivity contribution in [3.8, 4) is 5.75 Å². The number of hydrogen-bond donors (Lipinski definition) is 1. The number of ether oxygens (including phenoxy) is 1. The van der Waals surface area contributed by atoms with Gasteiger partial charge in [0, 0.05) is 16.1 Å². The van der Waals surface area contributed by atoms with Crippen LogP contribution in [0.15, 0.2) is 40.9 Å².